The zero-order chi connectivity index (χ0) is 19.5. The highest BCUT2D eigenvalue weighted by atomic mass is 35.5. The molecule has 4 rings (SSSR count). The van der Waals surface area contributed by atoms with Crippen molar-refractivity contribution >= 4 is 11.6 Å². The molecule has 0 radical (unpaired) electrons. The van der Waals surface area contributed by atoms with E-state index in [9.17, 15) is 10.1 Å². The van der Waals surface area contributed by atoms with Crippen molar-refractivity contribution in [3.05, 3.63) is 106 Å². The molecule has 1 heterocycles. The maximum Gasteiger partial charge on any atom is 0.266 e. The molecular weight excluding hydrogens is 368 g/mol. The third-order valence-electron chi connectivity index (χ3n) is 4.61. The summed E-state index contributed by atoms with van der Waals surface area (Å²) >= 11 is 6.31. The minimum Gasteiger partial charge on any atom is -0.321 e. The Morgan fingerprint density at radius 2 is 1.36 bits per heavy atom. The number of pyridine rings is 1. The molecule has 0 aliphatic carbocycles. The van der Waals surface area contributed by atoms with Crippen molar-refractivity contribution in [1.82, 2.24) is 4.98 Å². The van der Waals surface area contributed by atoms with Gasteiger partial charge in [-0.25, -0.2) is 0 Å². The predicted octanol–water partition coefficient (Wildman–Crippen LogP) is 5.90. The lowest BCUT2D eigenvalue weighted by molar-refractivity contribution is 1.22. The summed E-state index contributed by atoms with van der Waals surface area (Å²) in [4.78, 5) is 15.3. The van der Waals surface area contributed by atoms with Crippen molar-refractivity contribution in [2.45, 2.75) is 0 Å². The zero-order valence-electron chi connectivity index (χ0n) is 14.8. The van der Waals surface area contributed by atoms with Gasteiger partial charge in [-0.15, -0.1) is 0 Å². The second-order valence-corrected chi connectivity index (χ2v) is 6.74. The number of H-pyrrole nitrogens is 1. The minimum atomic E-state index is -0.429. The molecule has 0 fully saturated rings. The van der Waals surface area contributed by atoms with Crippen molar-refractivity contribution in [2.75, 3.05) is 0 Å². The van der Waals surface area contributed by atoms with Crippen LogP contribution in [0.2, 0.25) is 5.02 Å². The van der Waals surface area contributed by atoms with Crippen molar-refractivity contribution < 1.29 is 0 Å². The monoisotopic (exact) mass is 382 g/mol. The van der Waals surface area contributed by atoms with E-state index in [0.29, 0.717) is 21.8 Å². The largest absolute Gasteiger partial charge is 0.321 e. The predicted molar refractivity (Wildman–Crippen MR) is 113 cm³/mol. The Morgan fingerprint density at radius 1 is 0.750 bits per heavy atom. The Bertz CT molecular complexity index is 1240. The van der Waals surface area contributed by atoms with E-state index in [4.69, 9.17) is 11.6 Å². The quantitative estimate of drug-likeness (QED) is 0.479. The molecule has 0 unspecified atom stereocenters. The van der Waals surface area contributed by atoms with Crippen molar-refractivity contribution in [1.29, 1.82) is 5.26 Å². The topological polar surface area (TPSA) is 56.6 Å². The van der Waals surface area contributed by atoms with Gasteiger partial charge >= 0.3 is 0 Å². The summed E-state index contributed by atoms with van der Waals surface area (Å²) in [6.07, 6.45) is 0. The molecule has 1 N–H and O–H groups in total. The lowest BCUT2D eigenvalue weighted by Gasteiger charge is -2.10. The van der Waals surface area contributed by atoms with E-state index >= 15 is 0 Å². The van der Waals surface area contributed by atoms with Gasteiger partial charge in [0.25, 0.3) is 5.56 Å². The smallest absolute Gasteiger partial charge is 0.266 e. The molecule has 0 saturated heterocycles. The van der Waals surface area contributed by atoms with E-state index < -0.39 is 5.56 Å². The standard InChI is InChI=1S/C24H15ClN2O/c25-22-9-5-4-8-19(22)20-14-23(27-24(28)21(20)15-26)18-12-10-17(11-13-18)16-6-2-1-3-7-16/h1-14H,(H,27,28). The molecule has 3 aromatic carbocycles. The van der Waals surface area contributed by atoms with Crippen LogP contribution in [0.3, 0.4) is 0 Å². The fourth-order valence-electron chi connectivity index (χ4n) is 3.19. The zero-order valence-corrected chi connectivity index (χ0v) is 15.6. The van der Waals surface area contributed by atoms with Crippen LogP contribution in [0.1, 0.15) is 5.56 Å². The maximum absolute atomic E-state index is 12.5. The SMILES string of the molecule is N#Cc1c(-c2ccccc2Cl)cc(-c2ccc(-c3ccccc3)cc2)[nH]c1=O. The lowest BCUT2D eigenvalue weighted by atomic mass is 9.98. The molecule has 0 atom stereocenters. The van der Waals surface area contributed by atoms with Gasteiger partial charge in [-0.3, -0.25) is 4.79 Å². The van der Waals surface area contributed by atoms with Crippen molar-refractivity contribution in [3.63, 3.8) is 0 Å². The van der Waals surface area contributed by atoms with Crippen LogP contribution in [0.5, 0.6) is 0 Å². The van der Waals surface area contributed by atoms with E-state index in [-0.39, 0.29) is 5.56 Å². The number of rotatable bonds is 3. The Morgan fingerprint density at radius 3 is 2.04 bits per heavy atom. The summed E-state index contributed by atoms with van der Waals surface area (Å²) in [6, 6.07) is 29.0. The number of nitrogens with one attached hydrogen (secondary N) is 1. The Hall–Kier alpha value is -3.61. The molecule has 0 aliphatic rings. The van der Waals surface area contributed by atoms with Crippen LogP contribution in [0.25, 0.3) is 33.5 Å². The van der Waals surface area contributed by atoms with E-state index in [1.54, 1.807) is 18.2 Å². The summed E-state index contributed by atoms with van der Waals surface area (Å²) in [7, 11) is 0. The number of aromatic nitrogens is 1. The number of nitrogens with zero attached hydrogens (tertiary/aromatic N) is 1. The molecule has 28 heavy (non-hydrogen) atoms. The summed E-state index contributed by atoms with van der Waals surface area (Å²) in [5.74, 6) is 0. The number of halogens is 1. The third kappa shape index (κ3) is 3.34. The van der Waals surface area contributed by atoms with Crippen LogP contribution in [0.4, 0.5) is 0 Å². The van der Waals surface area contributed by atoms with Crippen LogP contribution in [0, 0.1) is 11.3 Å². The third-order valence-corrected chi connectivity index (χ3v) is 4.94. The van der Waals surface area contributed by atoms with Crippen LogP contribution < -0.4 is 5.56 Å². The van der Waals surface area contributed by atoms with E-state index in [2.05, 4.69) is 4.98 Å². The molecule has 0 amide bonds. The molecule has 134 valence electrons. The first-order valence-electron chi connectivity index (χ1n) is 8.75. The summed E-state index contributed by atoms with van der Waals surface area (Å²) < 4.78 is 0. The van der Waals surface area contributed by atoms with Crippen LogP contribution in [-0.4, -0.2) is 4.98 Å². The highest BCUT2D eigenvalue weighted by Crippen LogP contribution is 2.31. The number of hydrogen-bond acceptors (Lipinski definition) is 2. The minimum absolute atomic E-state index is 0.0535. The van der Waals surface area contributed by atoms with E-state index in [1.165, 1.54) is 0 Å². The highest BCUT2D eigenvalue weighted by Gasteiger charge is 2.14. The first-order chi connectivity index (χ1) is 13.7. The molecular formula is C24H15ClN2O. The van der Waals surface area contributed by atoms with Crippen LogP contribution in [-0.2, 0) is 0 Å². The van der Waals surface area contributed by atoms with Crippen molar-refractivity contribution in [3.8, 4) is 39.6 Å². The average Bonchev–Trinajstić information content (AvgIpc) is 2.74. The summed E-state index contributed by atoms with van der Waals surface area (Å²) in [6.45, 7) is 0. The molecule has 3 nitrogen and oxygen atoms in total. The first kappa shape index (κ1) is 17.8. The lowest BCUT2D eigenvalue weighted by Crippen LogP contribution is -2.12. The van der Waals surface area contributed by atoms with Crippen LogP contribution >= 0.6 is 11.6 Å². The van der Waals surface area contributed by atoms with Gasteiger partial charge in [-0.2, -0.15) is 5.26 Å². The first-order valence-corrected chi connectivity index (χ1v) is 9.13. The number of hydrogen-bond donors (Lipinski definition) is 1. The Kier molecular flexibility index (Phi) is 4.80. The number of nitriles is 1. The second-order valence-electron chi connectivity index (χ2n) is 6.34. The Balaban J connectivity index is 1.82. The fourth-order valence-corrected chi connectivity index (χ4v) is 3.43. The molecule has 0 spiro atoms. The number of benzene rings is 3. The molecule has 4 aromatic rings. The normalized spacial score (nSPS) is 10.4. The van der Waals surface area contributed by atoms with Gasteiger partial charge in [-0.1, -0.05) is 84.4 Å². The Labute approximate surface area is 167 Å². The highest BCUT2D eigenvalue weighted by molar-refractivity contribution is 6.33. The van der Waals surface area contributed by atoms with Gasteiger partial charge in [0.15, 0.2) is 0 Å². The van der Waals surface area contributed by atoms with Crippen LogP contribution in [0.15, 0.2) is 89.7 Å². The maximum atomic E-state index is 12.5. The van der Waals surface area contributed by atoms with E-state index in [1.807, 2.05) is 72.8 Å². The second kappa shape index (κ2) is 7.56. The average molecular weight is 383 g/mol. The van der Waals surface area contributed by atoms with Gasteiger partial charge in [0.2, 0.25) is 0 Å². The van der Waals surface area contributed by atoms with E-state index in [0.717, 1.165) is 16.7 Å². The van der Waals surface area contributed by atoms with Gasteiger partial charge in [0, 0.05) is 21.8 Å². The molecule has 0 aliphatic heterocycles. The summed E-state index contributed by atoms with van der Waals surface area (Å²) in [5.41, 5.74) is 4.52. The van der Waals surface area contributed by atoms with Gasteiger partial charge in [0.1, 0.15) is 11.6 Å². The molecule has 1 aromatic heterocycles. The van der Waals surface area contributed by atoms with Gasteiger partial charge in [-0.05, 0) is 28.8 Å². The molecule has 0 saturated carbocycles. The molecule has 0 bridgehead atoms. The summed E-state index contributed by atoms with van der Waals surface area (Å²) in [5, 5.41) is 9.96. The van der Waals surface area contributed by atoms with Gasteiger partial charge < -0.3 is 4.98 Å². The van der Waals surface area contributed by atoms with Gasteiger partial charge in [0.05, 0.1) is 0 Å². The van der Waals surface area contributed by atoms with Crippen molar-refractivity contribution in [2.24, 2.45) is 0 Å². The number of aromatic amines is 1. The fraction of sp³-hybridized carbons (Fsp3) is 0. The molecule has 4 heteroatoms.